The average Bonchev–Trinajstić information content (AvgIpc) is 3.54. The van der Waals surface area contributed by atoms with Gasteiger partial charge in [0.15, 0.2) is 11.5 Å². The fourth-order valence-electron chi connectivity index (χ4n) is 5.97. The number of fused-ring (bicyclic) bond motifs is 1. The third kappa shape index (κ3) is 6.96. The van der Waals surface area contributed by atoms with E-state index in [0.717, 1.165) is 9.58 Å². The van der Waals surface area contributed by atoms with Crippen molar-refractivity contribution in [2.75, 3.05) is 42.9 Å². The van der Waals surface area contributed by atoms with Crippen LogP contribution in [0.25, 0.3) is 5.69 Å². The molecule has 1 aromatic heterocycles. The molecule has 0 spiro atoms. The summed E-state index contributed by atoms with van der Waals surface area (Å²) in [6.07, 6.45) is -3.10. The Morgan fingerprint density at radius 3 is 2.39 bits per heavy atom. The Balaban J connectivity index is 1.34. The molecule has 2 aliphatic heterocycles. The Labute approximate surface area is 280 Å². The molecule has 0 bridgehead atoms. The highest BCUT2D eigenvalue weighted by atomic mass is 35.5. The van der Waals surface area contributed by atoms with Crippen LogP contribution in [-0.2, 0) is 16.0 Å². The first-order valence-electron chi connectivity index (χ1n) is 14.8. The summed E-state index contributed by atoms with van der Waals surface area (Å²) in [5, 5.41) is 19.6. The second kappa shape index (κ2) is 13.3. The molecule has 6 rings (SSSR count). The zero-order chi connectivity index (χ0) is 35.0. The standard InChI is InChI=1S/C32H26ClF4N7O5/c33-22-4-2-6-25(27(22)34)44-15-23(39-40-44)30(47)43-12-11-20-21(28(43)29(46)38-19-9-7-18(8-10-19)31(48)49)3-1-5-24(20)42-14-13-41(16-26(42)45)17-32(35,36)37/h1-10,15,28H,11-14,16-17H2,(H,38,46)(H,48,49). The summed E-state index contributed by atoms with van der Waals surface area (Å²) in [5.74, 6) is -3.89. The molecule has 1 saturated heterocycles. The number of piperazine rings is 1. The molecule has 3 aromatic carbocycles. The van der Waals surface area contributed by atoms with Gasteiger partial charge in [-0.2, -0.15) is 13.2 Å². The van der Waals surface area contributed by atoms with E-state index < -0.39 is 54.8 Å². The summed E-state index contributed by atoms with van der Waals surface area (Å²) in [6, 6.07) is 13.1. The van der Waals surface area contributed by atoms with Crippen LogP contribution in [0.1, 0.15) is 38.0 Å². The Morgan fingerprint density at radius 2 is 1.69 bits per heavy atom. The van der Waals surface area contributed by atoms with Crippen molar-refractivity contribution < 1.29 is 41.8 Å². The van der Waals surface area contributed by atoms with Crippen molar-refractivity contribution in [1.29, 1.82) is 0 Å². The van der Waals surface area contributed by atoms with E-state index in [1.165, 1.54) is 58.5 Å². The molecule has 49 heavy (non-hydrogen) atoms. The van der Waals surface area contributed by atoms with Gasteiger partial charge in [0.25, 0.3) is 11.8 Å². The van der Waals surface area contributed by atoms with Gasteiger partial charge in [0.05, 0.1) is 29.9 Å². The molecule has 0 aliphatic carbocycles. The highest BCUT2D eigenvalue weighted by Crippen LogP contribution is 2.38. The molecular weight excluding hydrogens is 674 g/mol. The number of aromatic carboxylic acids is 1. The fourth-order valence-corrected chi connectivity index (χ4v) is 6.14. The van der Waals surface area contributed by atoms with Crippen molar-refractivity contribution >= 4 is 46.7 Å². The van der Waals surface area contributed by atoms with Crippen molar-refractivity contribution in [3.05, 3.63) is 100 Å². The van der Waals surface area contributed by atoms with Gasteiger partial charge in [-0.3, -0.25) is 19.3 Å². The Morgan fingerprint density at radius 1 is 0.980 bits per heavy atom. The number of amides is 3. The van der Waals surface area contributed by atoms with Crippen LogP contribution < -0.4 is 10.2 Å². The first kappa shape index (κ1) is 33.5. The number of alkyl halides is 3. The molecule has 3 heterocycles. The maximum atomic E-state index is 14.7. The van der Waals surface area contributed by atoms with E-state index in [0.29, 0.717) is 16.8 Å². The Kier molecular flexibility index (Phi) is 9.09. The number of halogens is 5. The second-order valence-electron chi connectivity index (χ2n) is 11.4. The first-order valence-corrected chi connectivity index (χ1v) is 15.2. The number of carbonyl (C=O) groups is 4. The molecule has 1 fully saturated rings. The molecule has 0 radical (unpaired) electrons. The van der Waals surface area contributed by atoms with Crippen LogP contribution in [0.2, 0.25) is 5.02 Å². The van der Waals surface area contributed by atoms with E-state index in [1.54, 1.807) is 18.2 Å². The van der Waals surface area contributed by atoms with Gasteiger partial charge in [0, 0.05) is 31.0 Å². The van der Waals surface area contributed by atoms with Crippen molar-refractivity contribution in [2.45, 2.75) is 18.6 Å². The number of hydrogen-bond acceptors (Lipinski definition) is 7. The molecule has 1 unspecified atom stereocenters. The van der Waals surface area contributed by atoms with Gasteiger partial charge in [0.1, 0.15) is 11.7 Å². The second-order valence-corrected chi connectivity index (χ2v) is 11.8. The van der Waals surface area contributed by atoms with Crippen molar-refractivity contribution in [3.63, 3.8) is 0 Å². The highest BCUT2D eigenvalue weighted by Gasteiger charge is 2.40. The molecule has 1 atom stereocenters. The van der Waals surface area contributed by atoms with E-state index in [4.69, 9.17) is 11.6 Å². The van der Waals surface area contributed by atoms with Gasteiger partial charge in [-0.15, -0.1) is 5.10 Å². The van der Waals surface area contributed by atoms with Crippen LogP contribution >= 0.6 is 11.6 Å². The lowest BCUT2D eigenvalue weighted by Gasteiger charge is -2.40. The number of carboxylic acid groups (broad SMARTS) is 1. The quantitative estimate of drug-likeness (QED) is 0.272. The summed E-state index contributed by atoms with van der Waals surface area (Å²) < 4.78 is 54.7. The van der Waals surface area contributed by atoms with Crippen LogP contribution in [0.4, 0.5) is 28.9 Å². The van der Waals surface area contributed by atoms with Crippen molar-refractivity contribution in [1.82, 2.24) is 24.8 Å². The molecular formula is C32H26ClF4N7O5. The lowest BCUT2D eigenvalue weighted by Crippen LogP contribution is -2.53. The minimum Gasteiger partial charge on any atom is -0.478 e. The maximum Gasteiger partial charge on any atom is 0.401 e. The SMILES string of the molecule is O=C(O)c1ccc(NC(=O)C2c3cccc(N4CCN(CC(F)(F)F)CC4=O)c3CCN2C(=O)c2cn(-c3cccc(Cl)c3F)nn2)cc1. The molecule has 3 amide bonds. The van der Waals surface area contributed by atoms with E-state index in [-0.39, 0.29) is 53.7 Å². The summed E-state index contributed by atoms with van der Waals surface area (Å²) >= 11 is 5.90. The van der Waals surface area contributed by atoms with Gasteiger partial charge in [-0.1, -0.05) is 35.0 Å². The zero-order valence-electron chi connectivity index (χ0n) is 25.3. The number of nitrogens with one attached hydrogen (secondary N) is 1. The largest absolute Gasteiger partial charge is 0.478 e. The number of benzene rings is 3. The molecule has 17 heteroatoms. The maximum absolute atomic E-state index is 14.7. The molecule has 12 nitrogen and oxygen atoms in total. The molecule has 254 valence electrons. The summed E-state index contributed by atoms with van der Waals surface area (Å²) in [6.45, 7) is -1.77. The van der Waals surface area contributed by atoms with E-state index in [9.17, 15) is 41.8 Å². The predicted octanol–water partition coefficient (Wildman–Crippen LogP) is 4.35. The summed E-state index contributed by atoms with van der Waals surface area (Å²) in [5.41, 5.74) is 1.27. The topological polar surface area (TPSA) is 141 Å². The highest BCUT2D eigenvalue weighted by molar-refractivity contribution is 6.30. The van der Waals surface area contributed by atoms with E-state index >= 15 is 0 Å². The molecule has 2 N–H and O–H groups in total. The molecule has 4 aromatic rings. The average molecular weight is 700 g/mol. The smallest absolute Gasteiger partial charge is 0.401 e. The lowest BCUT2D eigenvalue weighted by molar-refractivity contribution is -0.150. The molecule has 0 saturated carbocycles. The van der Waals surface area contributed by atoms with E-state index in [1.807, 2.05) is 0 Å². The zero-order valence-corrected chi connectivity index (χ0v) is 26.1. The minimum atomic E-state index is -4.47. The molecule has 2 aliphatic rings. The predicted molar refractivity (Wildman–Crippen MR) is 167 cm³/mol. The number of anilines is 2. The third-order valence-corrected chi connectivity index (χ3v) is 8.48. The van der Waals surface area contributed by atoms with Gasteiger partial charge in [-0.05, 0) is 60.0 Å². The van der Waals surface area contributed by atoms with Gasteiger partial charge in [-0.25, -0.2) is 13.9 Å². The Bertz CT molecular complexity index is 1950. The van der Waals surface area contributed by atoms with E-state index in [2.05, 4.69) is 15.6 Å². The number of hydrogen-bond donors (Lipinski definition) is 2. The van der Waals surface area contributed by atoms with Crippen LogP contribution in [0.15, 0.2) is 66.9 Å². The monoisotopic (exact) mass is 699 g/mol. The van der Waals surface area contributed by atoms with Gasteiger partial charge >= 0.3 is 12.1 Å². The van der Waals surface area contributed by atoms with Crippen molar-refractivity contribution in [3.8, 4) is 5.69 Å². The lowest BCUT2D eigenvalue weighted by atomic mass is 9.89. The first-order chi connectivity index (χ1) is 23.3. The van der Waals surface area contributed by atoms with Gasteiger partial charge < -0.3 is 20.2 Å². The van der Waals surface area contributed by atoms with Crippen LogP contribution in [0.3, 0.4) is 0 Å². The van der Waals surface area contributed by atoms with Crippen LogP contribution in [0.5, 0.6) is 0 Å². The third-order valence-electron chi connectivity index (χ3n) is 8.19. The van der Waals surface area contributed by atoms with Crippen LogP contribution in [-0.4, -0.2) is 92.5 Å². The summed E-state index contributed by atoms with van der Waals surface area (Å²) in [7, 11) is 0. The van der Waals surface area contributed by atoms with Crippen LogP contribution in [0, 0.1) is 5.82 Å². The minimum absolute atomic E-state index is 0.0123. The number of aromatic nitrogens is 3. The number of carboxylic acids is 1. The fraction of sp³-hybridized carbons (Fsp3) is 0.250. The van der Waals surface area contributed by atoms with Gasteiger partial charge in [0.2, 0.25) is 5.91 Å². The number of rotatable bonds is 7. The number of nitrogens with zero attached hydrogens (tertiary/aromatic N) is 6. The number of carbonyl (C=O) groups excluding carboxylic acids is 3. The Hall–Kier alpha value is -5.35. The summed E-state index contributed by atoms with van der Waals surface area (Å²) in [4.78, 5) is 56.0. The van der Waals surface area contributed by atoms with Crippen molar-refractivity contribution in [2.24, 2.45) is 0 Å². The normalized spacial score (nSPS) is 16.8.